The molecule has 2 unspecified atom stereocenters. The zero-order valence-corrected chi connectivity index (χ0v) is 14.7. The van der Waals surface area contributed by atoms with Gasteiger partial charge in [-0.3, -0.25) is 0 Å². The zero-order chi connectivity index (χ0) is 17.9. The predicted molar refractivity (Wildman–Crippen MR) is 92.6 cm³/mol. The highest BCUT2D eigenvalue weighted by atomic mass is 16.6. The Morgan fingerprint density at radius 2 is 2.04 bits per heavy atom. The van der Waals surface area contributed by atoms with Crippen LogP contribution in [0.4, 0.5) is 0 Å². The van der Waals surface area contributed by atoms with Crippen molar-refractivity contribution in [2.75, 3.05) is 13.1 Å². The van der Waals surface area contributed by atoms with E-state index < -0.39 is 29.3 Å². The average molecular weight is 359 g/mol. The van der Waals surface area contributed by atoms with Gasteiger partial charge in [-0.1, -0.05) is 6.07 Å². The van der Waals surface area contributed by atoms with Crippen molar-refractivity contribution in [3.8, 4) is 11.5 Å². The summed E-state index contributed by atoms with van der Waals surface area (Å²) in [5.74, 6) is 0.970. The van der Waals surface area contributed by atoms with Crippen molar-refractivity contribution in [3.63, 3.8) is 0 Å². The van der Waals surface area contributed by atoms with Crippen molar-refractivity contribution in [2.24, 2.45) is 5.92 Å². The number of rotatable bonds is 2. The molecular formula is C20H25NO5. The number of aromatic hydroxyl groups is 1. The topological polar surface area (TPSA) is 93.0 Å². The Balaban J connectivity index is 1.59. The fourth-order valence-corrected chi connectivity index (χ4v) is 6.73. The van der Waals surface area contributed by atoms with Crippen LogP contribution in [0.15, 0.2) is 12.1 Å². The van der Waals surface area contributed by atoms with Crippen LogP contribution in [0.25, 0.3) is 0 Å². The molecule has 3 aliphatic carbocycles. The van der Waals surface area contributed by atoms with Crippen molar-refractivity contribution in [1.82, 2.24) is 0 Å². The van der Waals surface area contributed by atoms with Crippen LogP contribution in [-0.4, -0.2) is 56.9 Å². The first-order valence-corrected chi connectivity index (χ1v) is 9.89. The van der Waals surface area contributed by atoms with Gasteiger partial charge in [-0.15, -0.1) is 0 Å². The number of likely N-dealkylation sites (tertiary alicyclic amines) is 1. The summed E-state index contributed by atoms with van der Waals surface area (Å²) in [6.45, 7) is 1.04. The SMILES string of the molecule is [O-][N+]1(CC2CC2)CC[C@]23c4c5ccc(O)c4OC2[C@@H](O)CC[C@@]3(O)[C@H]1C5. The summed E-state index contributed by atoms with van der Waals surface area (Å²) >= 11 is 0. The van der Waals surface area contributed by atoms with Crippen molar-refractivity contribution in [1.29, 1.82) is 0 Å². The van der Waals surface area contributed by atoms with Crippen molar-refractivity contribution >= 4 is 0 Å². The highest BCUT2D eigenvalue weighted by Crippen LogP contribution is 2.66. The molecule has 0 amide bonds. The largest absolute Gasteiger partial charge is 0.632 e. The predicted octanol–water partition coefficient (Wildman–Crippen LogP) is 1.33. The van der Waals surface area contributed by atoms with E-state index in [9.17, 15) is 20.5 Å². The van der Waals surface area contributed by atoms with Gasteiger partial charge >= 0.3 is 0 Å². The van der Waals surface area contributed by atoms with Crippen LogP contribution >= 0.6 is 0 Å². The van der Waals surface area contributed by atoms with Crippen molar-refractivity contribution in [3.05, 3.63) is 28.5 Å². The van der Waals surface area contributed by atoms with E-state index in [0.29, 0.717) is 50.4 Å². The van der Waals surface area contributed by atoms with Gasteiger partial charge < -0.3 is 29.9 Å². The smallest absolute Gasteiger partial charge is 0.165 e. The lowest BCUT2D eigenvalue weighted by Crippen LogP contribution is -2.80. The van der Waals surface area contributed by atoms with Gasteiger partial charge in [-0.25, -0.2) is 0 Å². The van der Waals surface area contributed by atoms with Crippen LogP contribution in [0, 0.1) is 11.1 Å². The number of ether oxygens (including phenoxy) is 1. The third-order valence-corrected chi connectivity index (χ3v) is 8.02. The quantitative estimate of drug-likeness (QED) is 0.547. The van der Waals surface area contributed by atoms with Crippen LogP contribution in [0.2, 0.25) is 0 Å². The minimum absolute atomic E-state index is 0.0620. The molecule has 26 heavy (non-hydrogen) atoms. The number of piperidine rings is 1. The van der Waals surface area contributed by atoms with E-state index in [0.717, 1.165) is 24.0 Å². The summed E-state index contributed by atoms with van der Waals surface area (Å²) in [6.07, 6.45) is 2.83. The molecular weight excluding hydrogens is 334 g/mol. The van der Waals surface area contributed by atoms with Crippen LogP contribution in [0.3, 0.4) is 0 Å². The fourth-order valence-electron chi connectivity index (χ4n) is 6.73. The van der Waals surface area contributed by atoms with Gasteiger partial charge in [0.05, 0.1) is 24.6 Å². The minimum atomic E-state index is -1.18. The molecule has 2 heterocycles. The number of aliphatic hydroxyl groups is 2. The monoisotopic (exact) mass is 359 g/mol. The van der Waals surface area contributed by atoms with Crippen LogP contribution in [0.1, 0.15) is 43.2 Å². The summed E-state index contributed by atoms with van der Waals surface area (Å²) in [4.78, 5) is 0. The van der Waals surface area contributed by atoms with E-state index in [1.165, 1.54) is 0 Å². The van der Waals surface area contributed by atoms with Gasteiger partial charge in [0.25, 0.3) is 0 Å². The number of hydrogen-bond acceptors (Lipinski definition) is 5. The molecule has 0 radical (unpaired) electrons. The summed E-state index contributed by atoms with van der Waals surface area (Å²) < 4.78 is 5.76. The number of quaternary nitrogens is 1. The Morgan fingerprint density at radius 1 is 1.23 bits per heavy atom. The maximum atomic E-state index is 13.9. The molecule has 2 bridgehead atoms. The fraction of sp³-hybridized carbons (Fsp3) is 0.700. The highest BCUT2D eigenvalue weighted by Gasteiger charge is 2.75. The van der Waals surface area contributed by atoms with E-state index in [4.69, 9.17) is 4.74 Å². The van der Waals surface area contributed by atoms with Crippen LogP contribution in [0.5, 0.6) is 11.5 Å². The number of phenolic OH excluding ortho intramolecular Hbond substituents is 1. The lowest BCUT2D eigenvalue weighted by Gasteiger charge is -2.67. The molecule has 6 atom stereocenters. The molecule has 3 N–H and O–H groups in total. The standard InChI is InChI=1S/C20H25NO5/c22-13-4-3-12-9-15-20(24)6-5-14(23)18-19(20,16(12)17(13)26-18)7-8-21(15,25)10-11-1-2-11/h3-4,11,14-15,18,22-24H,1-2,5-10H2/t14-,15+,18?,19-,20+,21?/m0/s1. The third-order valence-electron chi connectivity index (χ3n) is 8.02. The van der Waals surface area contributed by atoms with Gasteiger partial charge in [0.1, 0.15) is 17.7 Å². The number of hydrogen-bond donors (Lipinski definition) is 3. The van der Waals surface area contributed by atoms with Gasteiger partial charge in [0, 0.05) is 24.3 Å². The summed E-state index contributed by atoms with van der Waals surface area (Å²) in [5.41, 5.74) is -0.0968. The van der Waals surface area contributed by atoms with Crippen LogP contribution in [-0.2, 0) is 11.8 Å². The number of hydroxylamine groups is 3. The second-order valence-corrected chi connectivity index (χ2v) is 9.26. The Kier molecular flexibility index (Phi) is 2.75. The Morgan fingerprint density at radius 3 is 2.81 bits per heavy atom. The normalized spacial score (nSPS) is 48.0. The Bertz CT molecular complexity index is 810. The molecule has 5 aliphatic rings. The molecule has 6 nitrogen and oxygen atoms in total. The molecule has 140 valence electrons. The molecule has 1 aromatic carbocycles. The van der Waals surface area contributed by atoms with E-state index >= 15 is 0 Å². The maximum Gasteiger partial charge on any atom is 0.165 e. The minimum Gasteiger partial charge on any atom is -0.632 e. The molecule has 2 saturated carbocycles. The molecule has 2 aliphatic heterocycles. The molecule has 3 fully saturated rings. The van der Waals surface area contributed by atoms with Gasteiger partial charge in [0.2, 0.25) is 0 Å². The zero-order valence-electron chi connectivity index (χ0n) is 14.7. The molecule has 6 heteroatoms. The first-order chi connectivity index (χ1) is 12.4. The summed E-state index contributed by atoms with van der Waals surface area (Å²) in [6, 6.07) is 3.08. The van der Waals surface area contributed by atoms with Gasteiger partial charge in [-0.2, -0.15) is 0 Å². The average Bonchev–Trinajstić information content (AvgIpc) is 3.32. The molecule has 1 spiro atoms. The number of nitrogens with zero attached hydrogens (tertiary/aromatic N) is 1. The maximum absolute atomic E-state index is 13.9. The lowest BCUT2D eigenvalue weighted by atomic mass is 9.48. The van der Waals surface area contributed by atoms with E-state index in [1.54, 1.807) is 6.07 Å². The number of phenols is 1. The van der Waals surface area contributed by atoms with Crippen molar-refractivity contribution in [2.45, 2.75) is 67.8 Å². The van der Waals surface area contributed by atoms with Gasteiger partial charge in [0.15, 0.2) is 11.5 Å². The molecule has 1 aromatic rings. The van der Waals surface area contributed by atoms with E-state index in [1.807, 2.05) is 6.07 Å². The van der Waals surface area contributed by atoms with E-state index in [2.05, 4.69) is 0 Å². The first-order valence-electron chi connectivity index (χ1n) is 9.89. The van der Waals surface area contributed by atoms with Gasteiger partial charge in [-0.05, 0) is 37.3 Å². The van der Waals surface area contributed by atoms with Crippen molar-refractivity contribution < 1.29 is 24.7 Å². The molecule has 0 aromatic heterocycles. The second-order valence-electron chi connectivity index (χ2n) is 9.26. The van der Waals surface area contributed by atoms with Crippen LogP contribution < -0.4 is 4.74 Å². The molecule has 6 rings (SSSR count). The Hall–Kier alpha value is -1.34. The highest BCUT2D eigenvalue weighted by molar-refractivity contribution is 5.62. The third kappa shape index (κ3) is 1.59. The first kappa shape index (κ1) is 15.7. The Labute approximate surface area is 152 Å². The van der Waals surface area contributed by atoms with E-state index in [-0.39, 0.29) is 10.4 Å². The summed E-state index contributed by atoms with van der Waals surface area (Å²) in [5, 5.41) is 46.9. The number of aliphatic hydroxyl groups excluding tert-OH is 1. The number of benzene rings is 1. The molecule has 1 saturated heterocycles. The lowest BCUT2D eigenvalue weighted by molar-refractivity contribution is -0.924. The summed E-state index contributed by atoms with van der Waals surface area (Å²) in [7, 11) is 0. The second kappa shape index (κ2) is 4.55.